The first kappa shape index (κ1) is 13.6. The first-order valence-corrected chi connectivity index (χ1v) is 5.02. The number of aromatic nitrogens is 1. The first-order valence-electron chi connectivity index (χ1n) is 5.02. The highest BCUT2D eigenvalue weighted by atomic mass is 19.1. The second kappa shape index (κ2) is 6.17. The molecule has 2 nitrogen and oxygen atoms in total. The Bertz CT molecular complexity index is 333. The lowest BCUT2D eigenvalue weighted by Crippen LogP contribution is -2.13. The van der Waals surface area contributed by atoms with Gasteiger partial charge in [-0.2, -0.15) is 0 Å². The molecule has 0 spiro atoms. The summed E-state index contributed by atoms with van der Waals surface area (Å²) in [4.78, 5) is 5.83. The van der Waals surface area contributed by atoms with Crippen LogP contribution in [0, 0.1) is 12.7 Å². The second-order valence-electron chi connectivity index (χ2n) is 3.07. The van der Waals surface area contributed by atoms with Crippen LogP contribution in [0.15, 0.2) is 12.8 Å². The van der Waals surface area contributed by atoms with E-state index < -0.39 is 0 Å². The van der Waals surface area contributed by atoms with Gasteiger partial charge in [-0.3, -0.25) is 0 Å². The maximum atomic E-state index is 13.1. The topological polar surface area (TPSA) is 16.1 Å². The normalized spacial score (nSPS) is 8.93. The summed E-state index contributed by atoms with van der Waals surface area (Å²) in [5.74, 6) is 0.453. The Morgan fingerprint density at radius 3 is 2.33 bits per heavy atom. The lowest BCUT2D eigenvalue weighted by molar-refractivity contribution is 0.611. The second-order valence-corrected chi connectivity index (χ2v) is 3.07. The maximum Gasteiger partial charge on any atom is 0.145 e. The van der Waals surface area contributed by atoms with Gasteiger partial charge in [-0.25, -0.2) is 9.37 Å². The molecule has 1 aromatic rings. The van der Waals surface area contributed by atoms with E-state index in [9.17, 15) is 4.39 Å². The fourth-order valence-electron chi connectivity index (χ4n) is 1.18. The van der Waals surface area contributed by atoms with Crippen LogP contribution in [0.4, 0.5) is 10.2 Å². The molecule has 0 N–H and O–H groups in total. The minimum Gasteiger partial charge on any atom is -0.362 e. The van der Waals surface area contributed by atoms with E-state index in [-0.39, 0.29) is 5.82 Å². The van der Waals surface area contributed by atoms with E-state index in [1.54, 1.807) is 13.0 Å². The average molecular weight is 210 g/mol. The van der Waals surface area contributed by atoms with Crippen LogP contribution >= 0.6 is 0 Å². The third-order valence-electron chi connectivity index (χ3n) is 1.93. The fraction of sp³-hybridized carbons (Fsp3) is 0.417. The van der Waals surface area contributed by atoms with Gasteiger partial charge in [0.1, 0.15) is 11.6 Å². The first-order chi connectivity index (χ1) is 7.07. The Balaban J connectivity index is 0.000000921. The van der Waals surface area contributed by atoms with Crippen LogP contribution in [0.3, 0.4) is 0 Å². The molecule has 0 radical (unpaired) electrons. The van der Waals surface area contributed by atoms with Crippen LogP contribution in [-0.4, -0.2) is 19.1 Å². The SMILES string of the molecule is C=Cc1c(N(C)C)ncc(F)c1C.CC. The molecule has 3 heteroatoms. The molecule has 0 saturated carbocycles. The zero-order valence-corrected chi connectivity index (χ0v) is 10.1. The summed E-state index contributed by atoms with van der Waals surface area (Å²) < 4.78 is 13.1. The van der Waals surface area contributed by atoms with Gasteiger partial charge in [0.05, 0.1) is 6.20 Å². The standard InChI is InChI=1S/C10H13FN2.C2H6/c1-5-8-7(2)9(11)6-12-10(8)13(3)4;1-2/h5-6H,1H2,2-4H3;1-2H3. The number of anilines is 1. The molecule has 1 heterocycles. The van der Waals surface area contributed by atoms with Crippen LogP contribution in [0.2, 0.25) is 0 Å². The number of hydrogen-bond acceptors (Lipinski definition) is 2. The van der Waals surface area contributed by atoms with Crippen molar-refractivity contribution in [1.29, 1.82) is 0 Å². The van der Waals surface area contributed by atoms with Crippen molar-refractivity contribution in [3.8, 4) is 0 Å². The molecular weight excluding hydrogens is 191 g/mol. The van der Waals surface area contributed by atoms with Gasteiger partial charge < -0.3 is 4.90 Å². The molecule has 0 bridgehead atoms. The molecule has 84 valence electrons. The molecule has 0 amide bonds. The minimum atomic E-state index is -0.291. The molecule has 0 unspecified atom stereocenters. The highest BCUT2D eigenvalue weighted by Crippen LogP contribution is 2.22. The van der Waals surface area contributed by atoms with E-state index in [2.05, 4.69) is 11.6 Å². The summed E-state index contributed by atoms with van der Waals surface area (Å²) in [6.45, 7) is 9.37. The molecule has 0 aliphatic carbocycles. The highest BCUT2D eigenvalue weighted by Gasteiger charge is 2.09. The molecule has 1 rings (SSSR count). The van der Waals surface area contributed by atoms with Crippen molar-refractivity contribution in [3.05, 3.63) is 29.7 Å². The van der Waals surface area contributed by atoms with Crippen molar-refractivity contribution >= 4 is 11.9 Å². The van der Waals surface area contributed by atoms with Crippen LogP contribution < -0.4 is 4.90 Å². The van der Waals surface area contributed by atoms with E-state index >= 15 is 0 Å². The minimum absolute atomic E-state index is 0.291. The van der Waals surface area contributed by atoms with E-state index in [1.165, 1.54) is 6.20 Å². The van der Waals surface area contributed by atoms with Gasteiger partial charge in [0.2, 0.25) is 0 Å². The van der Waals surface area contributed by atoms with E-state index in [0.29, 0.717) is 5.56 Å². The molecule has 0 atom stereocenters. The van der Waals surface area contributed by atoms with Crippen molar-refractivity contribution in [2.45, 2.75) is 20.8 Å². The Labute approximate surface area is 91.4 Å². The molecule has 15 heavy (non-hydrogen) atoms. The van der Waals surface area contributed by atoms with Crippen molar-refractivity contribution < 1.29 is 4.39 Å². The summed E-state index contributed by atoms with van der Waals surface area (Å²) in [6, 6.07) is 0. The van der Waals surface area contributed by atoms with Crippen LogP contribution in [-0.2, 0) is 0 Å². The van der Waals surface area contributed by atoms with Gasteiger partial charge in [0.25, 0.3) is 0 Å². The molecule has 0 aliphatic heterocycles. The van der Waals surface area contributed by atoms with Crippen LogP contribution in [0.5, 0.6) is 0 Å². The molecule has 0 aliphatic rings. The molecule has 0 fully saturated rings. The highest BCUT2D eigenvalue weighted by molar-refractivity contribution is 5.65. The zero-order valence-electron chi connectivity index (χ0n) is 10.1. The van der Waals surface area contributed by atoms with Gasteiger partial charge in [0.15, 0.2) is 0 Å². The Kier molecular flexibility index (Phi) is 5.60. The monoisotopic (exact) mass is 210 g/mol. The third kappa shape index (κ3) is 3.05. The predicted molar refractivity (Wildman–Crippen MR) is 64.7 cm³/mol. The number of nitrogens with zero attached hydrogens (tertiary/aromatic N) is 2. The fourth-order valence-corrected chi connectivity index (χ4v) is 1.18. The van der Waals surface area contributed by atoms with Gasteiger partial charge in [-0.1, -0.05) is 26.5 Å². The number of pyridine rings is 1. The third-order valence-corrected chi connectivity index (χ3v) is 1.93. The summed E-state index contributed by atoms with van der Waals surface area (Å²) in [5.41, 5.74) is 1.35. The Morgan fingerprint density at radius 2 is 1.93 bits per heavy atom. The largest absolute Gasteiger partial charge is 0.362 e. The van der Waals surface area contributed by atoms with Crippen molar-refractivity contribution in [1.82, 2.24) is 4.98 Å². The lowest BCUT2D eigenvalue weighted by Gasteiger charge is -2.15. The quantitative estimate of drug-likeness (QED) is 0.744. The number of halogens is 1. The predicted octanol–water partition coefficient (Wildman–Crippen LogP) is 3.26. The summed E-state index contributed by atoms with van der Waals surface area (Å²) >= 11 is 0. The Hall–Kier alpha value is -1.38. The van der Waals surface area contributed by atoms with E-state index in [4.69, 9.17) is 0 Å². The van der Waals surface area contributed by atoms with Gasteiger partial charge in [-0.15, -0.1) is 0 Å². The maximum absolute atomic E-state index is 13.1. The molecule has 0 aromatic carbocycles. The van der Waals surface area contributed by atoms with Crippen molar-refractivity contribution in [2.75, 3.05) is 19.0 Å². The van der Waals surface area contributed by atoms with Gasteiger partial charge >= 0.3 is 0 Å². The smallest absolute Gasteiger partial charge is 0.145 e. The van der Waals surface area contributed by atoms with Crippen LogP contribution in [0.1, 0.15) is 25.0 Å². The lowest BCUT2D eigenvalue weighted by atomic mass is 10.1. The molecule has 0 saturated heterocycles. The van der Waals surface area contributed by atoms with Gasteiger partial charge in [0, 0.05) is 19.7 Å². The summed E-state index contributed by atoms with van der Waals surface area (Å²) in [5, 5.41) is 0. The number of rotatable bonds is 2. The van der Waals surface area contributed by atoms with Crippen LogP contribution in [0.25, 0.3) is 6.08 Å². The summed E-state index contributed by atoms with van der Waals surface area (Å²) in [7, 11) is 3.74. The van der Waals surface area contributed by atoms with Gasteiger partial charge in [-0.05, 0) is 12.5 Å². The van der Waals surface area contributed by atoms with Crippen molar-refractivity contribution in [2.24, 2.45) is 0 Å². The zero-order chi connectivity index (χ0) is 12.0. The van der Waals surface area contributed by atoms with E-state index in [0.717, 1.165) is 11.4 Å². The van der Waals surface area contributed by atoms with Crippen molar-refractivity contribution in [3.63, 3.8) is 0 Å². The Morgan fingerprint density at radius 1 is 1.40 bits per heavy atom. The number of hydrogen-bond donors (Lipinski definition) is 0. The summed E-state index contributed by atoms with van der Waals surface area (Å²) in [6.07, 6.45) is 2.86. The average Bonchev–Trinajstić information content (AvgIpc) is 2.24. The molecular formula is C12H19FN2. The van der Waals surface area contributed by atoms with E-state index in [1.807, 2.05) is 32.8 Å². The molecule has 1 aromatic heterocycles.